The molecule has 0 saturated heterocycles. The van der Waals surface area contributed by atoms with Crippen LogP contribution in [0.2, 0.25) is 0 Å². The SMILES string of the molecule is Cn1nnnc1SCc1c(C(=O)O)sc2ccccc12. The van der Waals surface area contributed by atoms with Crippen LogP contribution in [0.15, 0.2) is 29.4 Å². The van der Waals surface area contributed by atoms with E-state index in [0.717, 1.165) is 15.6 Å². The number of rotatable bonds is 4. The minimum Gasteiger partial charge on any atom is -0.477 e. The molecule has 0 unspecified atom stereocenters. The van der Waals surface area contributed by atoms with Crippen molar-refractivity contribution in [2.24, 2.45) is 7.05 Å². The van der Waals surface area contributed by atoms with Gasteiger partial charge in [0.2, 0.25) is 5.16 Å². The van der Waals surface area contributed by atoms with Crippen molar-refractivity contribution in [1.82, 2.24) is 20.2 Å². The Bertz CT molecular complexity index is 781. The number of carboxylic acid groups (broad SMARTS) is 1. The van der Waals surface area contributed by atoms with Gasteiger partial charge in [-0.3, -0.25) is 0 Å². The smallest absolute Gasteiger partial charge is 0.346 e. The molecule has 2 heterocycles. The van der Waals surface area contributed by atoms with E-state index in [-0.39, 0.29) is 0 Å². The molecular weight excluding hydrogens is 296 g/mol. The Labute approximate surface area is 122 Å². The summed E-state index contributed by atoms with van der Waals surface area (Å²) in [5.41, 5.74) is 0.825. The Balaban J connectivity index is 1.99. The third kappa shape index (κ3) is 2.27. The quantitative estimate of drug-likeness (QED) is 0.746. The summed E-state index contributed by atoms with van der Waals surface area (Å²) >= 11 is 2.73. The zero-order chi connectivity index (χ0) is 14.1. The lowest BCUT2D eigenvalue weighted by atomic mass is 10.1. The van der Waals surface area contributed by atoms with Crippen molar-refractivity contribution in [3.63, 3.8) is 0 Å². The van der Waals surface area contributed by atoms with Gasteiger partial charge in [-0.25, -0.2) is 9.48 Å². The number of thiophene rings is 1. The maximum atomic E-state index is 11.4. The van der Waals surface area contributed by atoms with Crippen molar-refractivity contribution in [1.29, 1.82) is 0 Å². The molecule has 0 bridgehead atoms. The average Bonchev–Trinajstić information content (AvgIpc) is 3.00. The predicted octanol–water partition coefficient (Wildman–Crippen LogP) is 2.42. The molecule has 0 aliphatic rings. The van der Waals surface area contributed by atoms with Crippen molar-refractivity contribution in [2.45, 2.75) is 10.9 Å². The van der Waals surface area contributed by atoms with Crippen LogP contribution in [0.3, 0.4) is 0 Å². The number of aryl methyl sites for hydroxylation is 1. The average molecular weight is 306 g/mol. The number of benzene rings is 1. The molecule has 1 aromatic carbocycles. The van der Waals surface area contributed by atoms with Gasteiger partial charge >= 0.3 is 5.97 Å². The minimum atomic E-state index is -0.891. The summed E-state index contributed by atoms with van der Waals surface area (Å²) in [6, 6.07) is 7.71. The number of thioether (sulfide) groups is 1. The molecule has 3 rings (SSSR count). The number of tetrazole rings is 1. The van der Waals surface area contributed by atoms with Crippen LogP contribution < -0.4 is 0 Å². The highest BCUT2D eigenvalue weighted by Crippen LogP contribution is 2.34. The fourth-order valence-electron chi connectivity index (χ4n) is 1.90. The zero-order valence-electron chi connectivity index (χ0n) is 10.5. The number of nitrogens with zero attached hydrogens (tertiary/aromatic N) is 4. The van der Waals surface area contributed by atoms with E-state index < -0.39 is 5.97 Å². The molecule has 0 spiro atoms. The summed E-state index contributed by atoms with van der Waals surface area (Å²) in [5, 5.41) is 22.2. The van der Waals surface area contributed by atoms with E-state index in [9.17, 15) is 9.90 Å². The third-order valence-corrected chi connectivity index (χ3v) is 5.06. The second kappa shape index (κ2) is 5.22. The van der Waals surface area contributed by atoms with E-state index in [1.165, 1.54) is 23.1 Å². The second-order valence-corrected chi connectivity index (χ2v) is 6.08. The molecule has 20 heavy (non-hydrogen) atoms. The standard InChI is InChI=1S/C12H10N4O2S2/c1-16-12(13-14-15-16)19-6-8-7-4-2-3-5-9(7)20-10(8)11(17)18/h2-5H,6H2,1H3,(H,17,18). The fourth-order valence-corrected chi connectivity index (χ4v) is 3.94. The number of aromatic carboxylic acids is 1. The van der Waals surface area contributed by atoms with Gasteiger partial charge in [0.25, 0.3) is 0 Å². The molecule has 0 radical (unpaired) electrons. The van der Waals surface area contributed by atoms with Crippen LogP contribution >= 0.6 is 23.1 Å². The highest BCUT2D eigenvalue weighted by atomic mass is 32.2. The topological polar surface area (TPSA) is 80.9 Å². The number of fused-ring (bicyclic) bond motifs is 1. The highest BCUT2D eigenvalue weighted by Gasteiger charge is 2.18. The van der Waals surface area contributed by atoms with Crippen LogP contribution in [-0.2, 0) is 12.8 Å². The van der Waals surface area contributed by atoms with E-state index in [1.807, 2.05) is 24.3 Å². The molecule has 0 aliphatic heterocycles. The van der Waals surface area contributed by atoms with Crippen molar-refractivity contribution in [2.75, 3.05) is 0 Å². The molecule has 3 aromatic rings. The third-order valence-electron chi connectivity index (χ3n) is 2.82. The lowest BCUT2D eigenvalue weighted by Crippen LogP contribution is -1.98. The van der Waals surface area contributed by atoms with Crippen LogP contribution in [0.1, 0.15) is 15.2 Å². The Kier molecular flexibility index (Phi) is 3.41. The molecule has 0 fully saturated rings. The van der Waals surface area contributed by atoms with Crippen molar-refractivity contribution in [3.8, 4) is 0 Å². The van der Waals surface area contributed by atoms with Gasteiger partial charge < -0.3 is 5.11 Å². The summed E-state index contributed by atoms with van der Waals surface area (Å²) in [6.45, 7) is 0. The molecule has 0 amide bonds. The molecule has 0 atom stereocenters. The van der Waals surface area contributed by atoms with Gasteiger partial charge in [0.1, 0.15) is 4.88 Å². The molecule has 1 N–H and O–H groups in total. The molecule has 2 aromatic heterocycles. The van der Waals surface area contributed by atoms with Crippen LogP contribution in [0.25, 0.3) is 10.1 Å². The minimum absolute atomic E-state index is 0.383. The Hall–Kier alpha value is -1.93. The number of carboxylic acids is 1. The van der Waals surface area contributed by atoms with Gasteiger partial charge in [0, 0.05) is 17.5 Å². The Morgan fingerprint density at radius 1 is 1.45 bits per heavy atom. The molecule has 0 saturated carbocycles. The van der Waals surface area contributed by atoms with E-state index in [2.05, 4.69) is 15.5 Å². The maximum absolute atomic E-state index is 11.4. The van der Waals surface area contributed by atoms with E-state index in [0.29, 0.717) is 15.8 Å². The summed E-state index contributed by atoms with van der Waals surface area (Å²) in [5.74, 6) is -0.363. The van der Waals surface area contributed by atoms with Gasteiger partial charge in [-0.2, -0.15) is 0 Å². The number of carbonyl (C=O) groups is 1. The highest BCUT2D eigenvalue weighted by molar-refractivity contribution is 7.98. The normalized spacial score (nSPS) is 11.1. The molecular formula is C12H10N4O2S2. The van der Waals surface area contributed by atoms with Crippen molar-refractivity contribution in [3.05, 3.63) is 34.7 Å². The first-order valence-corrected chi connectivity index (χ1v) is 7.56. The van der Waals surface area contributed by atoms with Crippen LogP contribution in [0.5, 0.6) is 0 Å². The van der Waals surface area contributed by atoms with Gasteiger partial charge in [0.15, 0.2) is 0 Å². The van der Waals surface area contributed by atoms with Crippen molar-refractivity contribution < 1.29 is 9.90 Å². The van der Waals surface area contributed by atoms with E-state index in [4.69, 9.17) is 0 Å². The first kappa shape index (κ1) is 13.1. The van der Waals surface area contributed by atoms with Gasteiger partial charge in [-0.15, -0.1) is 16.4 Å². The van der Waals surface area contributed by atoms with Gasteiger partial charge in [-0.1, -0.05) is 30.0 Å². The van der Waals surface area contributed by atoms with Crippen molar-refractivity contribution >= 4 is 39.2 Å². The number of hydrogen-bond acceptors (Lipinski definition) is 6. The maximum Gasteiger partial charge on any atom is 0.346 e. The van der Waals surface area contributed by atoms with Crippen LogP contribution in [0.4, 0.5) is 0 Å². The van der Waals surface area contributed by atoms with Gasteiger partial charge in [0.05, 0.1) is 0 Å². The first-order valence-electron chi connectivity index (χ1n) is 5.75. The molecule has 6 nitrogen and oxygen atoms in total. The second-order valence-electron chi connectivity index (χ2n) is 4.08. The van der Waals surface area contributed by atoms with Gasteiger partial charge in [-0.05, 0) is 27.4 Å². The lowest BCUT2D eigenvalue weighted by molar-refractivity contribution is 0.0701. The zero-order valence-corrected chi connectivity index (χ0v) is 12.1. The van der Waals surface area contributed by atoms with E-state index in [1.54, 1.807) is 11.7 Å². The fraction of sp³-hybridized carbons (Fsp3) is 0.167. The summed E-state index contributed by atoms with van der Waals surface area (Å²) in [7, 11) is 1.76. The molecule has 0 aliphatic carbocycles. The predicted molar refractivity (Wildman–Crippen MR) is 77.1 cm³/mol. The number of aromatic nitrogens is 4. The van der Waals surface area contributed by atoms with Crippen LogP contribution in [-0.4, -0.2) is 31.3 Å². The lowest BCUT2D eigenvalue weighted by Gasteiger charge is -2.01. The Morgan fingerprint density at radius 2 is 2.25 bits per heavy atom. The summed E-state index contributed by atoms with van der Waals surface area (Å²) in [6.07, 6.45) is 0. The summed E-state index contributed by atoms with van der Waals surface area (Å²) in [4.78, 5) is 11.8. The first-order chi connectivity index (χ1) is 9.66. The Morgan fingerprint density at radius 3 is 2.95 bits per heavy atom. The summed E-state index contributed by atoms with van der Waals surface area (Å²) < 4.78 is 2.55. The number of hydrogen-bond donors (Lipinski definition) is 1. The molecule has 8 heteroatoms. The van der Waals surface area contributed by atoms with Crippen LogP contribution in [0, 0.1) is 0 Å². The monoisotopic (exact) mass is 306 g/mol. The molecule has 102 valence electrons. The van der Waals surface area contributed by atoms with E-state index >= 15 is 0 Å². The largest absolute Gasteiger partial charge is 0.477 e.